The number of rotatable bonds is 1. The molecule has 0 spiro atoms. The number of hydrogen-bond donors (Lipinski definition) is 0. The zero-order chi connectivity index (χ0) is 12.8. The summed E-state index contributed by atoms with van der Waals surface area (Å²) >= 11 is 4.25. The predicted molar refractivity (Wildman–Crippen MR) is 72.5 cm³/mol. The van der Waals surface area contributed by atoms with Crippen LogP contribution >= 0.6 is 13.6 Å². The summed E-state index contributed by atoms with van der Waals surface area (Å²) in [5, 5.41) is 0. The van der Waals surface area contributed by atoms with Gasteiger partial charge >= 0.3 is 30.0 Å². The third-order valence-electron chi connectivity index (χ3n) is 2.77. The number of methoxy groups -OCH3 is 1. The van der Waals surface area contributed by atoms with E-state index >= 15 is 0 Å². The van der Waals surface area contributed by atoms with E-state index in [2.05, 4.69) is 51.7 Å². The molecule has 0 aromatic heterocycles. The van der Waals surface area contributed by atoms with E-state index in [1.54, 1.807) is 7.11 Å². The Morgan fingerprint density at radius 3 is 2.31 bits per heavy atom. The van der Waals surface area contributed by atoms with Crippen molar-refractivity contribution in [2.75, 3.05) is 7.11 Å². The maximum absolute atomic E-state index is 5.59. The van der Waals surface area contributed by atoms with Crippen molar-refractivity contribution >= 4 is 21.7 Å². The van der Waals surface area contributed by atoms with E-state index < -0.39 is 8.07 Å². The molecule has 1 saturated carbocycles. The number of halogens is 1. The molecule has 1 aliphatic rings. The quantitative estimate of drug-likeness (QED) is 0.396. The molecule has 1 aliphatic carbocycles. The van der Waals surface area contributed by atoms with Crippen LogP contribution in [-0.4, -0.2) is 20.8 Å². The van der Waals surface area contributed by atoms with Crippen molar-refractivity contribution in [2.45, 2.75) is 44.5 Å². The second-order valence-electron chi connectivity index (χ2n) is 5.18. The Morgan fingerprint density at radius 1 is 1.44 bits per heavy atom. The molecule has 1 fully saturated rings. The Labute approximate surface area is 118 Å². The molecule has 0 amide bonds. The molecule has 0 radical (unpaired) electrons. The molecule has 0 N–H and O–H groups in total. The van der Waals surface area contributed by atoms with Crippen LogP contribution in [0.15, 0.2) is 0 Å². The van der Waals surface area contributed by atoms with Gasteiger partial charge < -0.3 is 11.7 Å². The van der Waals surface area contributed by atoms with Crippen LogP contribution in [0.3, 0.4) is 0 Å². The van der Waals surface area contributed by atoms with Gasteiger partial charge in [-0.2, -0.15) is 0 Å². The molecule has 2 atom stereocenters. The van der Waals surface area contributed by atoms with E-state index in [9.17, 15) is 0 Å². The summed E-state index contributed by atoms with van der Waals surface area (Å²) in [6, 6.07) is 0. The Balaban J connectivity index is 0.00000106. The average molecular weight is 355 g/mol. The van der Waals surface area contributed by atoms with Gasteiger partial charge in [0.1, 0.15) is 13.7 Å². The molecule has 0 bridgehead atoms. The molecule has 16 heavy (non-hydrogen) atoms. The first-order valence-electron chi connectivity index (χ1n) is 5.59. The van der Waals surface area contributed by atoms with Crippen LogP contribution < -0.4 is 0 Å². The molecule has 0 aliphatic heterocycles. The molecule has 88 valence electrons. The van der Waals surface area contributed by atoms with E-state index in [0.29, 0.717) is 5.92 Å². The van der Waals surface area contributed by atoms with Crippen LogP contribution in [0.4, 0.5) is 0 Å². The van der Waals surface area contributed by atoms with Crippen molar-refractivity contribution in [1.82, 2.24) is 0 Å². The first-order chi connectivity index (χ1) is 7.40. The first-order valence-corrected chi connectivity index (χ1v) is 16.0. The van der Waals surface area contributed by atoms with Crippen LogP contribution in [0.25, 0.3) is 0 Å². The van der Waals surface area contributed by atoms with Gasteiger partial charge in [-0.15, -0.1) is 11.5 Å². The Hall–Kier alpha value is 0.840. The molecule has 0 aromatic rings. The van der Waals surface area contributed by atoms with Gasteiger partial charge in [0.15, 0.2) is 0 Å². The van der Waals surface area contributed by atoms with Gasteiger partial charge in [0, 0.05) is 7.11 Å². The van der Waals surface area contributed by atoms with E-state index in [0.717, 1.165) is 12.8 Å². The predicted octanol–water partition coefficient (Wildman–Crippen LogP) is 3.73. The molecule has 0 saturated heterocycles. The molecule has 0 unspecified atom stereocenters. The average Bonchev–Trinajstić information content (AvgIpc) is 2.60. The fraction of sp³-hybridized carbons (Fsp3) is 0.750. The molecular formula is C12H21BrOSiZn. The molecular weight excluding hydrogens is 334 g/mol. The fourth-order valence-corrected chi connectivity index (χ4v) is 2.41. The second kappa shape index (κ2) is 7.31. The molecule has 4 heteroatoms. The second-order valence-corrected chi connectivity index (χ2v) is 9.93. The van der Waals surface area contributed by atoms with Gasteiger partial charge in [-0.25, -0.2) is 0 Å². The summed E-state index contributed by atoms with van der Waals surface area (Å²) in [6.45, 7) is 10.9. The zero-order valence-electron chi connectivity index (χ0n) is 10.9. The van der Waals surface area contributed by atoms with E-state index in [4.69, 9.17) is 4.74 Å². The Kier molecular flexibility index (Phi) is 7.70. The van der Waals surface area contributed by atoms with Crippen LogP contribution in [0.5, 0.6) is 0 Å². The molecule has 0 aromatic carbocycles. The molecule has 1 rings (SSSR count). The van der Waals surface area contributed by atoms with Gasteiger partial charge in [-0.3, -0.25) is 0 Å². The van der Waals surface area contributed by atoms with E-state index in [1.807, 2.05) is 0 Å². The van der Waals surface area contributed by atoms with Crippen molar-refractivity contribution in [2.24, 2.45) is 5.92 Å². The van der Waals surface area contributed by atoms with Gasteiger partial charge in [-0.1, -0.05) is 38.4 Å². The topological polar surface area (TPSA) is 9.23 Å². The molecule has 0 heterocycles. The van der Waals surface area contributed by atoms with Crippen LogP contribution in [0.2, 0.25) is 19.6 Å². The van der Waals surface area contributed by atoms with E-state index in [-0.39, 0.29) is 5.60 Å². The van der Waals surface area contributed by atoms with Gasteiger partial charge in [0.05, 0.1) is 0 Å². The number of hydrogen-bond acceptors (Lipinski definition) is 1. The summed E-state index contributed by atoms with van der Waals surface area (Å²) in [6.07, 6.45) is 3.39. The SMILES string of the molecule is [CH2-][C@@H]1CCC[C@@]1(C#C[Si](C)(C)C)OC.[Zn+][Br]. The van der Waals surface area contributed by atoms with Crippen LogP contribution in [0, 0.1) is 24.3 Å². The van der Waals surface area contributed by atoms with E-state index in [1.165, 1.54) is 22.8 Å². The summed E-state index contributed by atoms with van der Waals surface area (Å²) in [5.74, 6) is 3.71. The fourth-order valence-electron chi connectivity index (χ4n) is 1.83. The summed E-state index contributed by atoms with van der Waals surface area (Å²) in [5.41, 5.74) is 3.17. The van der Waals surface area contributed by atoms with Crippen molar-refractivity contribution in [3.8, 4) is 11.5 Å². The standard InChI is InChI=1S/C12H21OSi.BrH.Zn/c1-11-7-6-8-12(11,13-2)9-10-14(3,4)5;;/h11H,1,6-8H2,2-5H3;1H;/q-1;;+2/p-1/t11-,12+;;/m1../s1. The summed E-state index contributed by atoms with van der Waals surface area (Å²) in [7, 11) is 0.480. The Bertz CT molecular complexity index is 266. The van der Waals surface area contributed by atoms with Crippen LogP contribution in [0.1, 0.15) is 19.3 Å². The van der Waals surface area contributed by atoms with Crippen LogP contribution in [-0.2, 0) is 21.1 Å². The number of ether oxygens (including phenoxy) is 1. The normalized spacial score (nSPS) is 28.9. The van der Waals surface area contributed by atoms with Crippen molar-refractivity contribution in [1.29, 1.82) is 0 Å². The van der Waals surface area contributed by atoms with Crippen molar-refractivity contribution in [3.05, 3.63) is 6.92 Å². The monoisotopic (exact) mass is 352 g/mol. The summed E-state index contributed by atoms with van der Waals surface area (Å²) < 4.78 is 5.59. The third kappa shape index (κ3) is 5.00. The first kappa shape index (κ1) is 16.8. The van der Waals surface area contributed by atoms with Crippen molar-refractivity contribution < 1.29 is 21.1 Å². The van der Waals surface area contributed by atoms with Gasteiger partial charge in [0.25, 0.3) is 0 Å². The summed E-state index contributed by atoms with van der Waals surface area (Å²) in [4.78, 5) is 0. The minimum absolute atomic E-state index is 0.236. The molecule has 1 nitrogen and oxygen atoms in total. The van der Waals surface area contributed by atoms with Gasteiger partial charge in [-0.05, 0) is 6.42 Å². The zero-order valence-corrected chi connectivity index (χ0v) is 16.5. The minimum atomic E-state index is -1.29. The third-order valence-corrected chi connectivity index (χ3v) is 3.65. The van der Waals surface area contributed by atoms with Crippen molar-refractivity contribution in [3.63, 3.8) is 0 Å². The van der Waals surface area contributed by atoms with Gasteiger partial charge in [0.2, 0.25) is 0 Å². The Morgan fingerprint density at radius 2 is 2.00 bits per heavy atom. The maximum atomic E-state index is 5.59.